The first kappa shape index (κ1) is 17.5. The smallest absolute Gasteiger partial charge is 0.126 e. The Kier molecular flexibility index (Phi) is 5.63. The summed E-state index contributed by atoms with van der Waals surface area (Å²) in [5.74, 6) is 1.83. The number of anilines is 2. The van der Waals surface area contributed by atoms with Gasteiger partial charge in [-0.3, -0.25) is 0 Å². The van der Waals surface area contributed by atoms with Gasteiger partial charge in [-0.15, -0.1) is 0 Å². The van der Waals surface area contributed by atoms with E-state index >= 15 is 0 Å². The van der Waals surface area contributed by atoms with Crippen molar-refractivity contribution in [2.24, 2.45) is 0 Å². The minimum absolute atomic E-state index is 0.549. The molecule has 1 saturated carbocycles. The monoisotopic (exact) mass is 358 g/mol. The van der Waals surface area contributed by atoms with Crippen LogP contribution < -0.4 is 10.6 Å². The van der Waals surface area contributed by atoms with Crippen molar-refractivity contribution in [2.45, 2.75) is 44.7 Å². The second-order valence-electron chi connectivity index (χ2n) is 7.16. The lowest BCUT2D eigenvalue weighted by Gasteiger charge is -2.23. The molecule has 1 aromatic carbocycles. The molecule has 1 fully saturated rings. The van der Waals surface area contributed by atoms with Crippen LogP contribution in [0.3, 0.4) is 0 Å². The summed E-state index contributed by atoms with van der Waals surface area (Å²) in [6.45, 7) is 0.766. The molecule has 4 nitrogen and oxygen atoms in total. The Morgan fingerprint density at radius 1 is 0.852 bits per heavy atom. The Morgan fingerprint density at radius 3 is 2.56 bits per heavy atom. The van der Waals surface area contributed by atoms with Gasteiger partial charge in [0, 0.05) is 24.3 Å². The average Bonchev–Trinajstić information content (AvgIpc) is 2.74. The third kappa shape index (κ3) is 4.85. The number of pyridine rings is 2. The van der Waals surface area contributed by atoms with Crippen molar-refractivity contribution in [3.05, 3.63) is 72.4 Å². The van der Waals surface area contributed by atoms with Crippen molar-refractivity contribution in [1.82, 2.24) is 9.97 Å². The predicted molar refractivity (Wildman–Crippen MR) is 112 cm³/mol. The summed E-state index contributed by atoms with van der Waals surface area (Å²) in [7, 11) is 0. The fourth-order valence-electron chi connectivity index (χ4n) is 3.61. The van der Waals surface area contributed by atoms with Gasteiger partial charge < -0.3 is 10.6 Å². The number of nitrogens with one attached hydrogen (secondary N) is 2. The van der Waals surface area contributed by atoms with Crippen molar-refractivity contribution in [3.63, 3.8) is 0 Å². The lowest BCUT2D eigenvalue weighted by Crippen LogP contribution is -2.22. The third-order valence-electron chi connectivity index (χ3n) is 5.08. The first-order valence-corrected chi connectivity index (χ1v) is 9.85. The molecule has 0 bridgehead atoms. The van der Waals surface area contributed by atoms with Crippen LogP contribution in [0.25, 0.3) is 11.3 Å². The largest absolute Gasteiger partial charge is 0.367 e. The quantitative estimate of drug-likeness (QED) is 0.611. The summed E-state index contributed by atoms with van der Waals surface area (Å²) in [5, 5.41) is 7.01. The molecule has 1 aliphatic rings. The number of rotatable bonds is 6. The van der Waals surface area contributed by atoms with Gasteiger partial charge in [0.05, 0.1) is 5.69 Å². The van der Waals surface area contributed by atoms with Crippen LogP contribution >= 0.6 is 0 Å². The molecule has 2 aromatic heterocycles. The van der Waals surface area contributed by atoms with Crippen LogP contribution in [-0.4, -0.2) is 16.0 Å². The van der Waals surface area contributed by atoms with Gasteiger partial charge in [0.1, 0.15) is 11.6 Å². The number of hydrogen-bond acceptors (Lipinski definition) is 4. The topological polar surface area (TPSA) is 49.8 Å². The Labute approximate surface area is 161 Å². The van der Waals surface area contributed by atoms with Crippen LogP contribution in [-0.2, 0) is 6.54 Å². The van der Waals surface area contributed by atoms with E-state index in [2.05, 4.69) is 45.9 Å². The summed E-state index contributed by atoms with van der Waals surface area (Å²) in [6, 6.07) is 21.2. The summed E-state index contributed by atoms with van der Waals surface area (Å²) in [4.78, 5) is 9.28. The summed E-state index contributed by atoms with van der Waals surface area (Å²) < 4.78 is 0. The van der Waals surface area contributed by atoms with Crippen LogP contribution in [0.5, 0.6) is 0 Å². The molecule has 0 radical (unpaired) electrons. The zero-order chi connectivity index (χ0) is 18.3. The molecule has 0 spiro atoms. The minimum atomic E-state index is 0.549. The zero-order valence-corrected chi connectivity index (χ0v) is 15.6. The highest BCUT2D eigenvalue weighted by Gasteiger charge is 2.13. The highest BCUT2D eigenvalue weighted by molar-refractivity contribution is 5.64. The van der Waals surface area contributed by atoms with Crippen LogP contribution in [0.15, 0.2) is 66.9 Å². The van der Waals surface area contributed by atoms with E-state index in [1.54, 1.807) is 0 Å². The first-order chi connectivity index (χ1) is 13.4. The van der Waals surface area contributed by atoms with Gasteiger partial charge in [0.25, 0.3) is 0 Å². The van der Waals surface area contributed by atoms with Gasteiger partial charge in [0.15, 0.2) is 0 Å². The van der Waals surface area contributed by atoms with E-state index < -0.39 is 0 Å². The Balaban J connectivity index is 1.45. The molecule has 4 heteroatoms. The van der Waals surface area contributed by atoms with Crippen LogP contribution in [0.2, 0.25) is 0 Å². The maximum Gasteiger partial charge on any atom is 0.126 e. The van der Waals surface area contributed by atoms with Gasteiger partial charge in [-0.05, 0) is 42.7 Å². The third-order valence-corrected chi connectivity index (χ3v) is 5.08. The van der Waals surface area contributed by atoms with Gasteiger partial charge >= 0.3 is 0 Å². The van der Waals surface area contributed by atoms with E-state index in [4.69, 9.17) is 4.98 Å². The van der Waals surface area contributed by atoms with Gasteiger partial charge in [0.2, 0.25) is 0 Å². The van der Waals surface area contributed by atoms with E-state index in [-0.39, 0.29) is 0 Å². The van der Waals surface area contributed by atoms with E-state index in [0.29, 0.717) is 6.04 Å². The molecule has 2 heterocycles. The molecule has 27 heavy (non-hydrogen) atoms. The molecule has 0 unspecified atom stereocenters. The highest BCUT2D eigenvalue weighted by Crippen LogP contribution is 2.24. The van der Waals surface area contributed by atoms with Crippen LogP contribution in [0, 0.1) is 0 Å². The van der Waals surface area contributed by atoms with Crippen LogP contribution in [0.4, 0.5) is 11.6 Å². The maximum absolute atomic E-state index is 4.78. The lowest BCUT2D eigenvalue weighted by molar-refractivity contribution is 0.462. The molecular formula is C23H26N4. The van der Waals surface area contributed by atoms with Crippen molar-refractivity contribution in [2.75, 3.05) is 10.6 Å². The Morgan fingerprint density at radius 2 is 1.70 bits per heavy atom. The van der Waals surface area contributed by atoms with Crippen LogP contribution in [0.1, 0.15) is 37.7 Å². The number of benzene rings is 1. The molecule has 0 aliphatic heterocycles. The Hall–Kier alpha value is -2.88. The molecule has 3 aromatic rings. The highest BCUT2D eigenvalue weighted by atomic mass is 15.0. The van der Waals surface area contributed by atoms with Crippen molar-refractivity contribution >= 4 is 11.6 Å². The molecule has 2 N–H and O–H groups in total. The number of aromatic nitrogens is 2. The SMILES string of the molecule is c1ccc(CNc2cccc(-c3ccnc(NC4CCCCC4)c3)n2)cc1. The van der Waals surface area contributed by atoms with Gasteiger partial charge in [-0.1, -0.05) is 55.7 Å². The minimum Gasteiger partial charge on any atom is -0.367 e. The lowest BCUT2D eigenvalue weighted by atomic mass is 9.95. The fraction of sp³-hybridized carbons (Fsp3) is 0.304. The Bertz CT molecular complexity index is 857. The molecule has 4 rings (SSSR count). The first-order valence-electron chi connectivity index (χ1n) is 9.85. The summed E-state index contributed by atoms with van der Waals surface area (Å²) >= 11 is 0. The van der Waals surface area contributed by atoms with E-state index in [1.165, 1.54) is 37.7 Å². The molecule has 0 atom stereocenters. The van der Waals surface area contributed by atoms with E-state index in [9.17, 15) is 0 Å². The standard InChI is InChI=1S/C23H26N4/c1-3-8-18(9-4-1)17-25-22-13-7-12-21(27-22)19-14-15-24-23(16-19)26-20-10-5-2-6-11-20/h1,3-4,7-9,12-16,20H,2,5-6,10-11,17H2,(H,24,26)(H,25,27). The van der Waals surface area contributed by atoms with E-state index in [0.717, 1.165) is 29.4 Å². The number of nitrogens with zero attached hydrogens (tertiary/aromatic N) is 2. The van der Waals surface area contributed by atoms with Gasteiger partial charge in [-0.25, -0.2) is 9.97 Å². The summed E-state index contributed by atoms with van der Waals surface area (Å²) in [5.41, 5.74) is 3.29. The second kappa shape index (κ2) is 8.67. The molecule has 1 aliphatic carbocycles. The van der Waals surface area contributed by atoms with Crippen molar-refractivity contribution < 1.29 is 0 Å². The molecule has 0 amide bonds. The fourth-order valence-corrected chi connectivity index (χ4v) is 3.61. The normalized spacial score (nSPS) is 14.7. The van der Waals surface area contributed by atoms with E-state index in [1.807, 2.05) is 36.5 Å². The zero-order valence-electron chi connectivity index (χ0n) is 15.6. The molecule has 0 saturated heterocycles. The maximum atomic E-state index is 4.78. The summed E-state index contributed by atoms with van der Waals surface area (Å²) in [6.07, 6.45) is 8.33. The van der Waals surface area contributed by atoms with Gasteiger partial charge in [-0.2, -0.15) is 0 Å². The van der Waals surface area contributed by atoms with Crippen molar-refractivity contribution in [3.8, 4) is 11.3 Å². The average molecular weight is 358 g/mol. The molecular weight excluding hydrogens is 332 g/mol. The second-order valence-corrected chi connectivity index (χ2v) is 7.16. The predicted octanol–water partition coefficient (Wildman–Crippen LogP) is 5.50. The van der Waals surface area contributed by atoms with Crippen molar-refractivity contribution in [1.29, 1.82) is 0 Å². The molecule has 138 valence electrons. The number of hydrogen-bond donors (Lipinski definition) is 2.